The zero-order valence-electron chi connectivity index (χ0n) is 23.3. The van der Waals surface area contributed by atoms with E-state index in [9.17, 15) is 13.2 Å². The first-order valence-electron chi connectivity index (χ1n) is 13.0. The number of sulfonamides is 1. The van der Waals surface area contributed by atoms with Crippen LogP contribution in [0.2, 0.25) is 0 Å². The van der Waals surface area contributed by atoms with Gasteiger partial charge in [-0.05, 0) is 60.0 Å². The molecule has 0 aliphatic carbocycles. The fourth-order valence-corrected chi connectivity index (χ4v) is 6.32. The van der Waals surface area contributed by atoms with Crippen molar-refractivity contribution in [1.29, 1.82) is 0 Å². The van der Waals surface area contributed by atoms with E-state index >= 15 is 0 Å². The molecule has 1 atom stereocenters. The molecule has 1 heterocycles. The molecular formula is C30H36N2O7S. The lowest BCUT2D eigenvalue weighted by atomic mass is 10.1. The van der Waals surface area contributed by atoms with Crippen molar-refractivity contribution in [2.45, 2.75) is 24.5 Å². The largest absolute Gasteiger partial charge is 0.497 e. The van der Waals surface area contributed by atoms with Crippen molar-refractivity contribution < 1.29 is 32.2 Å². The van der Waals surface area contributed by atoms with Crippen LogP contribution >= 0.6 is 0 Å². The minimum Gasteiger partial charge on any atom is -0.497 e. The van der Waals surface area contributed by atoms with Gasteiger partial charge in [-0.25, -0.2) is 13.2 Å². The van der Waals surface area contributed by atoms with Crippen LogP contribution in [0.5, 0.6) is 11.5 Å². The first kappa shape index (κ1) is 29.5. The summed E-state index contributed by atoms with van der Waals surface area (Å²) in [6.45, 7) is 4.62. The molecule has 0 radical (unpaired) electrons. The standard InChI is InChI=1S/C30H36N2O7S/c1-22-8-13-27(37-3)29(18-22)40(34,35)32-16-14-31(15-17-32)20-28(25-6-5-7-26(19-25)36-2)39-21-23-9-11-24(12-10-23)30(33)38-4/h5-13,18-19,28H,14-17,20-21H2,1-4H3. The Hall–Kier alpha value is -3.44. The zero-order valence-corrected chi connectivity index (χ0v) is 24.1. The van der Waals surface area contributed by atoms with Gasteiger partial charge in [0.05, 0.1) is 39.6 Å². The molecule has 0 saturated carbocycles. The molecule has 0 bridgehead atoms. The van der Waals surface area contributed by atoms with Gasteiger partial charge in [-0.15, -0.1) is 0 Å². The molecule has 3 aromatic rings. The number of carbonyl (C=O) groups is 1. The maximum atomic E-state index is 13.4. The van der Waals surface area contributed by atoms with Crippen molar-refractivity contribution in [2.75, 3.05) is 54.1 Å². The lowest BCUT2D eigenvalue weighted by Crippen LogP contribution is -2.49. The molecule has 3 aromatic carbocycles. The van der Waals surface area contributed by atoms with Crippen LogP contribution < -0.4 is 9.47 Å². The van der Waals surface area contributed by atoms with Crippen LogP contribution in [0.3, 0.4) is 0 Å². The van der Waals surface area contributed by atoms with Crippen molar-refractivity contribution in [3.8, 4) is 11.5 Å². The van der Waals surface area contributed by atoms with Crippen LogP contribution in [-0.4, -0.2) is 77.6 Å². The number of hydrogen-bond acceptors (Lipinski definition) is 8. The summed E-state index contributed by atoms with van der Waals surface area (Å²) in [5, 5.41) is 0. The van der Waals surface area contributed by atoms with E-state index < -0.39 is 10.0 Å². The van der Waals surface area contributed by atoms with Gasteiger partial charge in [-0.1, -0.05) is 30.3 Å². The molecule has 10 heteroatoms. The van der Waals surface area contributed by atoms with Gasteiger partial charge in [0.15, 0.2) is 0 Å². The number of benzene rings is 3. The van der Waals surface area contributed by atoms with E-state index in [2.05, 4.69) is 4.90 Å². The molecule has 4 rings (SSSR count). The smallest absolute Gasteiger partial charge is 0.337 e. The fourth-order valence-electron chi connectivity index (χ4n) is 4.66. The minimum atomic E-state index is -3.70. The predicted molar refractivity (Wildman–Crippen MR) is 151 cm³/mol. The molecular weight excluding hydrogens is 532 g/mol. The SMILES string of the molecule is COC(=O)c1ccc(COC(CN2CCN(S(=O)(=O)c3cc(C)ccc3OC)CC2)c2cccc(OC)c2)cc1. The summed E-state index contributed by atoms with van der Waals surface area (Å²) in [4.78, 5) is 14.2. The van der Waals surface area contributed by atoms with Crippen LogP contribution in [-0.2, 0) is 26.1 Å². The number of aryl methyl sites for hydroxylation is 1. The van der Waals surface area contributed by atoms with Gasteiger partial charge in [-0.2, -0.15) is 4.31 Å². The summed E-state index contributed by atoms with van der Waals surface area (Å²) in [6.07, 6.45) is -0.282. The number of nitrogens with zero attached hydrogens (tertiary/aromatic N) is 2. The van der Waals surface area contributed by atoms with Gasteiger partial charge in [0.25, 0.3) is 0 Å². The molecule has 214 valence electrons. The Balaban J connectivity index is 1.45. The first-order valence-corrected chi connectivity index (χ1v) is 14.5. The normalized spacial score (nSPS) is 15.4. The Bertz CT molecular complexity index is 1400. The molecule has 1 unspecified atom stereocenters. The average molecular weight is 569 g/mol. The van der Waals surface area contributed by atoms with Gasteiger partial charge in [0, 0.05) is 32.7 Å². The van der Waals surface area contributed by atoms with Crippen molar-refractivity contribution >= 4 is 16.0 Å². The molecule has 1 saturated heterocycles. The molecule has 0 N–H and O–H groups in total. The van der Waals surface area contributed by atoms with Gasteiger partial charge in [0.1, 0.15) is 16.4 Å². The lowest BCUT2D eigenvalue weighted by Gasteiger charge is -2.36. The number of carbonyl (C=O) groups excluding carboxylic acids is 1. The average Bonchev–Trinajstić information content (AvgIpc) is 2.99. The Morgan fingerprint density at radius 3 is 2.27 bits per heavy atom. The van der Waals surface area contributed by atoms with Crippen molar-refractivity contribution in [3.63, 3.8) is 0 Å². The minimum absolute atomic E-state index is 0.194. The Morgan fingerprint density at radius 1 is 0.900 bits per heavy atom. The Morgan fingerprint density at radius 2 is 1.62 bits per heavy atom. The van der Waals surface area contributed by atoms with E-state index in [0.717, 1.165) is 22.4 Å². The lowest BCUT2D eigenvalue weighted by molar-refractivity contribution is 0.00760. The van der Waals surface area contributed by atoms with E-state index in [1.54, 1.807) is 31.4 Å². The van der Waals surface area contributed by atoms with Crippen LogP contribution in [0.4, 0.5) is 0 Å². The number of rotatable bonds is 11. The molecule has 40 heavy (non-hydrogen) atoms. The van der Waals surface area contributed by atoms with Crippen molar-refractivity contribution in [1.82, 2.24) is 9.21 Å². The number of methoxy groups -OCH3 is 3. The predicted octanol–water partition coefficient (Wildman–Crippen LogP) is 4.06. The monoisotopic (exact) mass is 568 g/mol. The van der Waals surface area contributed by atoms with Crippen molar-refractivity contribution in [3.05, 3.63) is 89.0 Å². The molecule has 0 spiro atoms. The maximum Gasteiger partial charge on any atom is 0.337 e. The van der Waals surface area contributed by atoms with E-state index in [-0.39, 0.29) is 17.0 Å². The second-order valence-electron chi connectivity index (χ2n) is 9.62. The molecule has 0 aromatic heterocycles. The first-order chi connectivity index (χ1) is 19.2. The quantitative estimate of drug-likeness (QED) is 0.320. The van der Waals surface area contributed by atoms with E-state index in [4.69, 9.17) is 18.9 Å². The number of esters is 1. The van der Waals surface area contributed by atoms with Crippen LogP contribution in [0, 0.1) is 6.92 Å². The summed E-state index contributed by atoms with van der Waals surface area (Å²) in [5.41, 5.74) is 3.22. The fraction of sp³-hybridized carbons (Fsp3) is 0.367. The topological polar surface area (TPSA) is 94.6 Å². The van der Waals surface area contributed by atoms with E-state index in [1.165, 1.54) is 18.5 Å². The number of piperazine rings is 1. The summed E-state index contributed by atoms with van der Waals surface area (Å²) < 4.78 is 50.3. The highest BCUT2D eigenvalue weighted by Gasteiger charge is 2.32. The van der Waals surface area contributed by atoms with Crippen LogP contribution in [0.25, 0.3) is 0 Å². The summed E-state index contributed by atoms with van der Waals surface area (Å²) in [6, 6.07) is 20.1. The molecule has 1 fully saturated rings. The maximum absolute atomic E-state index is 13.4. The second-order valence-corrected chi connectivity index (χ2v) is 11.5. The van der Waals surface area contributed by atoms with E-state index in [1.807, 2.05) is 49.4 Å². The zero-order chi connectivity index (χ0) is 28.7. The van der Waals surface area contributed by atoms with Crippen LogP contribution in [0.1, 0.15) is 33.2 Å². The molecule has 1 aliphatic rings. The summed E-state index contributed by atoms with van der Waals surface area (Å²) >= 11 is 0. The van der Waals surface area contributed by atoms with E-state index in [0.29, 0.717) is 50.6 Å². The molecule has 1 aliphatic heterocycles. The number of hydrogen-bond donors (Lipinski definition) is 0. The Labute approximate surface area is 236 Å². The number of ether oxygens (including phenoxy) is 4. The highest BCUT2D eigenvalue weighted by Crippen LogP contribution is 2.29. The third kappa shape index (κ3) is 7.00. The third-order valence-corrected chi connectivity index (χ3v) is 8.90. The summed E-state index contributed by atoms with van der Waals surface area (Å²) in [7, 11) is 0.762. The molecule has 9 nitrogen and oxygen atoms in total. The van der Waals surface area contributed by atoms with Gasteiger partial charge < -0.3 is 18.9 Å². The third-order valence-electron chi connectivity index (χ3n) is 6.98. The highest BCUT2D eigenvalue weighted by molar-refractivity contribution is 7.89. The summed E-state index contributed by atoms with van der Waals surface area (Å²) in [5.74, 6) is 0.694. The van der Waals surface area contributed by atoms with Gasteiger partial charge in [0.2, 0.25) is 10.0 Å². The highest BCUT2D eigenvalue weighted by atomic mass is 32.2. The van der Waals surface area contributed by atoms with Gasteiger partial charge in [-0.3, -0.25) is 4.90 Å². The molecule has 0 amide bonds. The second kappa shape index (κ2) is 13.3. The Kier molecular flexibility index (Phi) is 9.80. The van der Waals surface area contributed by atoms with Gasteiger partial charge >= 0.3 is 5.97 Å². The van der Waals surface area contributed by atoms with Crippen molar-refractivity contribution in [2.24, 2.45) is 0 Å². The van der Waals surface area contributed by atoms with Crippen LogP contribution in [0.15, 0.2) is 71.6 Å².